The smallest absolute Gasteiger partial charge is 0.237 e. The van der Waals surface area contributed by atoms with Crippen LogP contribution >= 0.6 is 0 Å². The van der Waals surface area contributed by atoms with Gasteiger partial charge in [0.25, 0.3) is 0 Å². The SMILES string of the molecule is CC(=O)[C@H](C)NC(=O)[C@@H](N)CCCNC(=N)N. The summed E-state index contributed by atoms with van der Waals surface area (Å²) in [6.07, 6.45) is 1.10. The number of nitrogens with two attached hydrogens (primary N) is 2. The topological polar surface area (TPSA) is 134 Å². The first-order valence-electron chi connectivity index (χ1n) is 5.49. The molecule has 0 rings (SSSR count). The Labute approximate surface area is 101 Å². The number of carbonyl (C=O) groups is 2. The van der Waals surface area contributed by atoms with Crippen molar-refractivity contribution >= 4 is 17.6 Å². The molecule has 0 saturated carbocycles. The van der Waals surface area contributed by atoms with E-state index in [1.165, 1.54) is 6.92 Å². The first kappa shape index (κ1) is 15.4. The van der Waals surface area contributed by atoms with Crippen molar-refractivity contribution in [3.63, 3.8) is 0 Å². The van der Waals surface area contributed by atoms with Gasteiger partial charge in [0.05, 0.1) is 12.1 Å². The number of ketones is 1. The molecule has 0 unspecified atom stereocenters. The number of hydrogen-bond donors (Lipinski definition) is 5. The van der Waals surface area contributed by atoms with Gasteiger partial charge in [-0.1, -0.05) is 0 Å². The van der Waals surface area contributed by atoms with Gasteiger partial charge in [0.2, 0.25) is 5.91 Å². The van der Waals surface area contributed by atoms with Gasteiger partial charge in [0.1, 0.15) is 0 Å². The first-order chi connectivity index (χ1) is 7.84. The van der Waals surface area contributed by atoms with Crippen molar-refractivity contribution in [1.82, 2.24) is 10.6 Å². The van der Waals surface area contributed by atoms with Gasteiger partial charge in [-0.3, -0.25) is 15.0 Å². The molecule has 0 aromatic heterocycles. The molecule has 0 bridgehead atoms. The predicted molar refractivity (Wildman–Crippen MR) is 65.4 cm³/mol. The zero-order chi connectivity index (χ0) is 13.4. The van der Waals surface area contributed by atoms with Crippen molar-refractivity contribution in [2.75, 3.05) is 6.54 Å². The number of hydrogen-bond acceptors (Lipinski definition) is 4. The van der Waals surface area contributed by atoms with Gasteiger partial charge in [-0.15, -0.1) is 0 Å². The summed E-state index contributed by atoms with van der Waals surface area (Å²) in [5.74, 6) is -0.549. The van der Waals surface area contributed by atoms with Crippen molar-refractivity contribution in [2.24, 2.45) is 11.5 Å². The summed E-state index contributed by atoms with van der Waals surface area (Å²) in [7, 11) is 0. The first-order valence-corrected chi connectivity index (χ1v) is 5.49. The fourth-order valence-electron chi connectivity index (χ4n) is 1.10. The zero-order valence-electron chi connectivity index (χ0n) is 10.2. The van der Waals surface area contributed by atoms with Crippen LogP contribution in [-0.2, 0) is 9.59 Å². The molecule has 98 valence electrons. The van der Waals surface area contributed by atoms with Crippen molar-refractivity contribution in [2.45, 2.75) is 38.8 Å². The quantitative estimate of drug-likeness (QED) is 0.214. The van der Waals surface area contributed by atoms with E-state index >= 15 is 0 Å². The highest BCUT2D eigenvalue weighted by Gasteiger charge is 2.17. The maximum atomic E-state index is 11.5. The van der Waals surface area contributed by atoms with Gasteiger partial charge < -0.3 is 22.1 Å². The molecule has 1 amide bonds. The van der Waals surface area contributed by atoms with Gasteiger partial charge in [0, 0.05) is 6.54 Å². The summed E-state index contributed by atoms with van der Waals surface area (Å²) in [5, 5.41) is 12.1. The van der Waals surface area contributed by atoms with Crippen molar-refractivity contribution in [3.05, 3.63) is 0 Å². The third kappa shape index (κ3) is 7.29. The van der Waals surface area contributed by atoms with Gasteiger partial charge in [-0.05, 0) is 26.7 Å². The molecule has 2 atom stereocenters. The van der Waals surface area contributed by atoms with E-state index in [4.69, 9.17) is 16.9 Å². The van der Waals surface area contributed by atoms with Gasteiger partial charge in [-0.2, -0.15) is 0 Å². The second kappa shape index (κ2) is 7.61. The summed E-state index contributed by atoms with van der Waals surface area (Å²) in [4.78, 5) is 22.4. The molecule has 0 aliphatic heterocycles. The molecular formula is C10H21N5O2. The number of Topliss-reactive ketones (excluding diaryl/α,β-unsaturated/α-hetero) is 1. The molecular weight excluding hydrogens is 222 g/mol. The minimum absolute atomic E-state index is 0.103. The van der Waals surface area contributed by atoms with Crippen molar-refractivity contribution < 1.29 is 9.59 Å². The Morgan fingerprint density at radius 3 is 2.47 bits per heavy atom. The molecule has 0 aliphatic carbocycles. The lowest BCUT2D eigenvalue weighted by Crippen LogP contribution is -2.46. The number of guanidine groups is 1. The Hall–Kier alpha value is -1.63. The third-order valence-corrected chi connectivity index (χ3v) is 2.31. The lowest BCUT2D eigenvalue weighted by Gasteiger charge is -2.15. The number of nitrogens with one attached hydrogen (secondary N) is 3. The monoisotopic (exact) mass is 243 g/mol. The molecule has 7 N–H and O–H groups in total. The molecule has 0 aromatic carbocycles. The van der Waals surface area contributed by atoms with Crippen LogP contribution in [0.1, 0.15) is 26.7 Å². The lowest BCUT2D eigenvalue weighted by molar-refractivity contribution is -0.127. The maximum absolute atomic E-state index is 11.5. The van der Waals surface area contributed by atoms with Crippen molar-refractivity contribution in [3.8, 4) is 0 Å². The van der Waals surface area contributed by atoms with Gasteiger partial charge in [-0.25, -0.2) is 0 Å². The van der Waals surface area contributed by atoms with Crippen LogP contribution in [0, 0.1) is 5.41 Å². The number of amides is 1. The number of rotatable bonds is 7. The molecule has 0 radical (unpaired) electrons. The Morgan fingerprint density at radius 1 is 1.41 bits per heavy atom. The van der Waals surface area contributed by atoms with E-state index in [0.29, 0.717) is 19.4 Å². The summed E-state index contributed by atoms with van der Waals surface area (Å²) in [6, 6.07) is -1.16. The van der Waals surface area contributed by atoms with Crippen LogP contribution in [-0.4, -0.2) is 36.3 Å². The second-order valence-electron chi connectivity index (χ2n) is 3.93. The predicted octanol–water partition coefficient (Wildman–Crippen LogP) is -1.33. The molecule has 0 aromatic rings. The Bertz CT molecular complexity index is 292. The highest BCUT2D eigenvalue weighted by molar-refractivity contribution is 5.89. The summed E-state index contributed by atoms with van der Waals surface area (Å²) < 4.78 is 0. The molecule has 17 heavy (non-hydrogen) atoms. The van der Waals surface area contributed by atoms with Crippen LogP contribution < -0.4 is 22.1 Å². The van der Waals surface area contributed by atoms with E-state index < -0.39 is 12.1 Å². The highest BCUT2D eigenvalue weighted by atomic mass is 16.2. The van der Waals surface area contributed by atoms with Crippen LogP contribution in [0.2, 0.25) is 0 Å². The van der Waals surface area contributed by atoms with Crippen molar-refractivity contribution in [1.29, 1.82) is 5.41 Å². The van der Waals surface area contributed by atoms with E-state index in [1.807, 2.05) is 0 Å². The van der Waals surface area contributed by atoms with Crippen LogP contribution in [0.15, 0.2) is 0 Å². The summed E-state index contributed by atoms with van der Waals surface area (Å²) in [5.41, 5.74) is 10.7. The van der Waals surface area contributed by atoms with E-state index in [-0.39, 0.29) is 17.6 Å². The minimum atomic E-state index is -0.648. The molecule has 0 saturated heterocycles. The Balaban J connectivity index is 3.82. The van der Waals surface area contributed by atoms with E-state index in [1.54, 1.807) is 6.92 Å². The zero-order valence-corrected chi connectivity index (χ0v) is 10.2. The average molecular weight is 243 g/mol. The molecule has 0 fully saturated rings. The molecule has 0 aliphatic rings. The van der Waals surface area contributed by atoms with Crippen LogP contribution in [0.3, 0.4) is 0 Å². The molecule has 7 heteroatoms. The molecule has 0 heterocycles. The average Bonchev–Trinajstić information content (AvgIpc) is 2.23. The maximum Gasteiger partial charge on any atom is 0.237 e. The van der Waals surface area contributed by atoms with Gasteiger partial charge in [0.15, 0.2) is 11.7 Å². The standard InChI is InChI=1S/C10H21N5O2/c1-6(7(2)16)15-9(17)8(11)4-3-5-14-10(12)13/h6,8H,3-5,11H2,1-2H3,(H,15,17)(H4,12,13,14)/t6-,8-/m0/s1. The molecule has 7 nitrogen and oxygen atoms in total. The number of carbonyl (C=O) groups excluding carboxylic acids is 2. The second-order valence-corrected chi connectivity index (χ2v) is 3.93. The van der Waals surface area contributed by atoms with E-state index in [0.717, 1.165) is 0 Å². The normalized spacial score (nSPS) is 13.6. The summed E-state index contributed by atoms with van der Waals surface area (Å²) >= 11 is 0. The van der Waals surface area contributed by atoms with Gasteiger partial charge >= 0.3 is 0 Å². The van der Waals surface area contributed by atoms with Crippen LogP contribution in [0.5, 0.6) is 0 Å². The highest BCUT2D eigenvalue weighted by Crippen LogP contribution is 1.95. The largest absolute Gasteiger partial charge is 0.370 e. The minimum Gasteiger partial charge on any atom is -0.370 e. The third-order valence-electron chi connectivity index (χ3n) is 2.31. The fraction of sp³-hybridized carbons (Fsp3) is 0.700. The van der Waals surface area contributed by atoms with Crippen LogP contribution in [0.25, 0.3) is 0 Å². The van der Waals surface area contributed by atoms with E-state index in [9.17, 15) is 9.59 Å². The fourth-order valence-corrected chi connectivity index (χ4v) is 1.10. The Morgan fingerprint density at radius 2 is 2.00 bits per heavy atom. The lowest BCUT2D eigenvalue weighted by atomic mass is 10.1. The Kier molecular flexibility index (Phi) is 6.88. The van der Waals surface area contributed by atoms with E-state index in [2.05, 4.69) is 10.6 Å². The summed E-state index contributed by atoms with van der Waals surface area (Å²) in [6.45, 7) is 3.52. The molecule has 0 spiro atoms. The van der Waals surface area contributed by atoms with Crippen LogP contribution in [0.4, 0.5) is 0 Å².